The Morgan fingerprint density at radius 3 is 2.60 bits per heavy atom. The first kappa shape index (κ1) is 16.8. The zero-order valence-electron chi connectivity index (χ0n) is 13.6. The third-order valence-corrected chi connectivity index (χ3v) is 4.14. The van der Waals surface area contributed by atoms with Crippen molar-refractivity contribution in [3.63, 3.8) is 0 Å². The van der Waals surface area contributed by atoms with Crippen LogP contribution in [0.3, 0.4) is 0 Å². The van der Waals surface area contributed by atoms with Crippen molar-refractivity contribution in [2.45, 2.75) is 5.16 Å². The molecular weight excluding hydrogens is 344 g/mol. The highest BCUT2D eigenvalue weighted by molar-refractivity contribution is 7.99. The van der Waals surface area contributed by atoms with Crippen LogP contribution in [0.1, 0.15) is 0 Å². The molecule has 0 aliphatic heterocycles. The van der Waals surface area contributed by atoms with Gasteiger partial charge in [0, 0.05) is 23.9 Å². The summed E-state index contributed by atoms with van der Waals surface area (Å²) in [7, 11) is 3.10. The number of benzene rings is 1. The molecule has 2 aromatic heterocycles. The van der Waals surface area contributed by atoms with Crippen molar-refractivity contribution in [3.05, 3.63) is 24.5 Å². The van der Waals surface area contributed by atoms with E-state index in [4.69, 9.17) is 15.2 Å². The van der Waals surface area contributed by atoms with Gasteiger partial charge in [0.2, 0.25) is 5.91 Å². The van der Waals surface area contributed by atoms with Crippen LogP contribution in [0.15, 0.2) is 29.7 Å². The van der Waals surface area contributed by atoms with E-state index in [1.807, 2.05) is 0 Å². The molecule has 0 radical (unpaired) electrons. The maximum absolute atomic E-state index is 12.2. The largest absolute Gasteiger partial charge is 0.497 e. The molecule has 0 fully saturated rings. The summed E-state index contributed by atoms with van der Waals surface area (Å²) in [6.07, 6.45) is 1.34. The smallest absolute Gasteiger partial charge is 0.234 e. The normalized spacial score (nSPS) is 10.6. The highest BCUT2D eigenvalue weighted by Gasteiger charge is 2.11. The lowest BCUT2D eigenvalue weighted by Gasteiger charge is -2.09. The summed E-state index contributed by atoms with van der Waals surface area (Å²) >= 11 is 1.24. The first-order valence-electron chi connectivity index (χ1n) is 7.21. The van der Waals surface area contributed by atoms with Crippen LogP contribution in [-0.2, 0) is 4.79 Å². The Bertz CT molecular complexity index is 891. The average molecular weight is 360 g/mol. The van der Waals surface area contributed by atoms with E-state index in [0.29, 0.717) is 39.3 Å². The summed E-state index contributed by atoms with van der Waals surface area (Å²) in [6, 6.07) is 5.15. The van der Waals surface area contributed by atoms with E-state index in [1.54, 1.807) is 32.4 Å². The number of carbonyl (C=O) groups is 1. The summed E-state index contributed by atoms with van der Waals surface area (Å²) in [4.78, 5) is 27.3. The number of thioether (sulfide) groups is 1. The van der Waals surface area contributed by atoms with Gasteiger partial charge in [0.05, 0.1) is 20.0 Å². The number of nitrogens with two attached hydrogens (primary N) is 1. The number of rotatable bonds is 6. The minimum absolute atomic E-state index is 0.159. The number of fused-ring (bicyclic) bond motifs is 1. The molecule has 1 amide bonds. The molecule has 0 saturated carbocycles. The maximum atomic E-state index is 12.2. The van der Waals surface area contributed by atoms with Gasteiger partial charge in [0.15, 0.2) is 16.6 Å². The minimum atomic E-state index is -0.195. The van der Waals surface area contributed by atoms with Gasteiger partial charge in [-0.1, -0.05) is 11.8 Å². The van der Waals surface area contributed by atoms with Crippen molar-refractivity contribution in [2.24, 2.45) is 0 Å². The van der Waals surface area contributed by atoms with Gasteiger partial charge in [-0.3, -0.25) is 4.79 Å². The summed E-state index contributed by atoms with van der Waals surface area (Å²) in [5, 5.41) is 3.33. The minimum Gasteiger partial charge on any atom is -0.497 e. The third kappa shape index (κ3) is 3.91. The van der Waals surface area contributed by atoms with Crippen LogP contribution in [0.5, 0.6) is 11.5 Å². The summed E-state index contributed by atoms with van der Waals surface area (Å²) in [6.45, 7) is 0. The van der Waals surface area contributed by atoms with Gasteiger partial charge in [-0.2, -0.15) is 0 Å². The number of H-pyrrole nitrogens is 1. The van der Waals surface area contributed by atoms with Crippen molar-refractivity contribution in [2.75, 3.05) is 31.0 Å². The van der Waals surface area contributed by atoms with Crippen LogP contribution < -0.4 is 20.5 Å². The Balaban J connectivity index is 1.65. The zero-order chi connectivity index (χ0) is 17.8. The molecule has 10 heteroatoms. The van der Waals surface area contributed by atoms with Crippen LogP contribution in [0, 0.1) is 0 Å². The Labute approximate surface area is 147 Å². The number of imidazole rings is 1. The van der Waals surface area contributed by atoms with Crippen molar-refractivity contribution >= 4 is 40.3 Å². The molecule has 25 heavy (non-hydrogen) atoms. The molecule has 0 bridgehead atoms. The number of nitrogens with one attached hydrogen (secondary N) is 2. The number of carbonyl (C=O) groups excluding carboxylic acids is 1. The molecule has 1 aromatic carbocycles. The molecule has 0 unspecified atom stereocenters. The van der Waals surface area contributed by atoms with E-state index in [2.05, 4.69) is 25.3 Å². The molecule has 2 heterocycles. The van der Waals surface area contributed by atoms with Gasteiger partial charge in [-0.05, 0) is 0 Å². The monoisotopic (exact) mass is 360 g/mol. The number of hydrogen-bond donors (Lipinski definition) is 3. The Kier molecular flexibility index (Phi) is 4.89. The lowest BCUT2D eigenvalue weighted by molar-refractivity contribution is -0.113. The van der Waals surface area contributed by atoms with Crippen LogP contribution in [0.2, 0.25) is 0 Å². The number of nitrogen functional groups attached to an aromatic ring is 1. The summed E-state index contributed by atoms with van der Waals surface area (Å²) < 4.78 is 10.4. The van der Waals surface area contributed by atoms with Crippen LogP contribution in [0.25, 0.3) is 11.2 Å². The molecule has 0 saturated heterocycles. The highest BCUT2D eigenvalue weighted by atomic mass is 32.2. The summed E-state index contributed by atoms with van der Waals surface area (Å²) in [5.74, 6) is 1.46. The topological polar surface area (TPSA) is 128 Å². The van der Waals surface area contributed by atoms with Crippen molar-refractivity contribution < 1.29 is 14.3 Å². The van der Waals surface area contributed by atoms with Crippen molar-refractivity contribution in [1.29, 1.82) is 0 Å². The third-order valence-electron chi connectivity index (χ3n) is 3.27. The zero-order valence-corrected chi connectivity index (χ0v) is 14.4. The lowest BCUT2D eigenvalue weighted by atomic mass is 10.2. The molecule has 3 rings (SSSR count). The van der Waals surface area contributed by atoms with Crippen LogP contribution >= 0.6 is 11.8 Å². The molecular formula is C15H16N6O3S. The number of aromatic amines is 1. The molecule has 0 aliphatic rings. The molecule has 3 aromatic rings. The van der Waals surface area contributed by atoms with Gasteiger partial charge in [0.1, 0.15) is 23.3 Å². The molecule has 130 valence electrons. The van der Waals surface area contributed by atoms with E-state index in [1.165, 1.54) is 18.1 Å². The average Bonchev–Trinajstić information content (AvgIpc) is 3.04. The van der Waals surface area contributed by atoms with Crippen LogP contribution in [-0.4, -0.2) is 45.8 Å². The second-order valence-corrected chi connectivity index (χ2v) is 5.90. The number of amides is 1. The predicted molar refractivity (Wildman–Crippen MR) is 95.0 cm³/mol. The second kappa shape index (κ2) is 7.26. The SMILES string of the molecule is COc1cc(NC(=O)CSc2nc3ncnc(N)c3[nH]2)cc(OC)c1. The van der Waals surface area contributed by atoms with Gasteiger partial charge < -0.3 is 25.5 Å². The quantitative estimate of drug-likeness (QED) is 0.567. The number of anilines is 2. The first-order valence-corrected chi connectivity index (χ1v) is 8.19. The fourth-order valence-electron chi connectivity index (χ4n) is 2.10. The fraction of sp³-hybridized carbons (Fsp3) is 0.200. The van der Waals surface area contributed by atoms with E-state index < -0.39 is 0 Å². The Morgan fingerprint density at radius 2 is 1.96 bits per heavy atom. The van der Waals surface area contributed by atoms with Crippen LogP contribution in [0.4, 0.5) is 11.5 Å². The van der Waals surface area contributed by atoms with Gasteiger partial charge in [-0.15, -0.1) is 0 Å². The number of nitrogens with zero attached hydrogens (tertiary/aromatic N) is 3. The number of hydrogen-bond acceptors (Lipinski definition) is 8. The van der Waals surface area contributed by atoms with E-state index in [0.717, 1.165) is 0 Å². The van der Waals surface area contributed by atoms with Gasteiger partial charge >= 0.3 is 0 Å². The predicted octanol–water partition coefficient (Wildman–Crippen LogP) is 1.68. The number of ether oxygens (including phenoxy) is 2. The van der Waals surface area contributed by atoms with Gasteiger partial charge in [-0.25, -0.2) is 15.0 Å². The number of methoxy groups -OCH3 is 2. The van der Waals surface area contributed by atoms with Crippen molar-refractivity contribution in [3.8, 4) is 11.5 Å². The lowest BCUT2D eigenvalue weighted by Crippen LogP contribution is -2.14. The Hall–Kier alpha value is -3.01. The molecule has 4 N–H and O–H groups in total. The van der Waals surface area contributed by atoms with E-state index in [-0.39, 0.29) is 11.7 Å². The first-order chi connectivity index (χ1) is 12.1. The molecule has 9 nitrogen and oxygen atoms in total. The molecule has 0 spiro atoms. The molecule has 0 aliphatic carbocycles. The second-order valence-electron chi connectivity index (χ2n) is 4.94. The molecule has 0 atom stereocenters. The van der Waals surface area contributed by atoms with Gasteiger partial charge in [0.25, 0.3) is 0 Å². The maximum Gasteiger partial charge on any atom is 0.234 e. The highest BCUT2D eigenvalue weighted by Crippen LogP contribution is 2.26. The summed E-state index contributed by atoms with van der Waals surface area (Å²) in [5.41, 5.74) is 7.36. The van der Waals surface area contributed by atoms with E-state index >= 15 is 0 Å². The fourth-order valence-corrected chi connectivity index (χ4v) is 2.77. The van der Waals surface area contributed by atoms with Crippen molar-refractivity contribution in [1.82, 2.24) is 19.9 Å². The Morgan fingerprint density at radius 1 is 1.24 bits per heavy atom. The number of aromatic nitrogens is 4. The van der Waals surface area contributed by atoms with E-state index in [9.17, 15) is 4.79 Å². The standard InChI is InChI=1S/C15H16N6O3S/c1-23-9-3-8(4-10(5-9)24-2)19-11(22)6-25-15-20-12-13(16)17-7-18-14(12)21-15/h3-5,7H,6H2,1-2H3,(H,19,22)(H3,16,17,18,20,21).